The number of carbonyl (C=O) groups excluding carboxylic acids is 1. The SMILES string of the molecule is CC(C)(C(=O)O)C(=O)c1ccc(OCc2ccccc2)cc1. The van der Waals surface area contributed by atoms with E-state index >= 15 is 0 Å². The van der Waals surface area contributed by atoms with E-state index in [9.17, 15) is 9.59 Å². The Morgan fingerprint density at radius 2 is 1.59 bits per heavy atom. The van der Waals surface area contributed by atoms with E-state index in [0.717, 1.165) is 5.56 Å². The molecular weight excluding hydrogens is 280 g/mol. The van der Waals surface area contributed by atoms with Gasteiger partial charge in [-0.3, -0.25) is 9.59 Å². The van der Waals surface area contributed by atoms with Crippen molar-refractivity contribution in [2.75, 3.05) is 0 Å². The van der Waals surface area contributed by atoms with Crippen LogP contribution in [0.4, 0.5) is 0 Å². The van der Waals surface area contributed by atoms with E-state index in [1.165, 1.54) is 13.8 Å². The fourth-order valence-corrected chi connectivity index (χ4v) is 1.90. The molecule has 0 saturated carbocycles. The van der Waals surface area contributed by atoms with E-state index in [0.29, 0.717) is 17.9 Å². The van der Waals surface area contributed by atoms with Crippen molar-refractivity contribution < 1.29 is 19.4 Å². The Kier molecular flexibility index (Phi) is 4.61. The van der Waals surface area contributed by atoms with E-state index in [4.69, 9.17) is 9.84 Å². The van der Waals surface area contributed by atoms with Gasteiger partial charge in [0.2, 0.25) is 0 Å². The van der Waals surface area contributed by atoms with Gasteiger partial charge < -0.3 is 9.84 Å². The Hall–Kier alpha value is -2.62. The molecule has 2 aromatic carbocycles. The lowest BCUT2D eigenvalue weighted by molar-refractivity contribution is -0.144. The molecule has 2 rings (SSSR count). The zero-order valence-electron chi connectivity index (χ0n) is 12.6. The number of carboxylic acid groups (broad SMARTS) is 1. The second-order valence-electron chi connectivity index (χ2n) is 5.56. The molecular formula is C18H18O4. The van der Waals surface area contributed by atoms with Crippen LogP contribution in [0.1, 0.15) is 29.8 Å². The molecule has 114 valence electrons. The van der Waals surface area contributed by atoms with Crippen LogP contribution in [-0.2, 0) is 11.4 Å². The van der Waals surface area contributed by atoms with Gasteiger partial charge in [-0.15, -0.1) is 0 Å². The molecule has 0 bridgehead atoms. The fraction of sp³-hybridized carbons (Fsp3) is 0.222. The largest absolute Gasteiger partial charge is 0.489 e. The Labute approximate surface area is 129 Å². The molecule has 4 nitrogen and oxygen atoms in total. The smallest absolute Gasteiger partial charge is 0.316 e. The predicted octanol–water partition coefficient (Wildman–Crippen LogP) is 3.56. The maximum Gasteiger partial charge on any atom is 0.316 e. The first-order chi connectivity index (χ1) is 10.4. The molecule has 4 heteroatoms. The molecule has 2 aromatic rings. The minimum atomic E-state index is -1.44. The molecule has 0 unspecified atom stereocenters. The summed E-state index contributed by atoms with van der Waals surface area (Å²) in [6, 6.07) is 16.3. The zero-order valence-corrected chi connectivity index (χ0v) is 12.6. The van der Waals surface area contributed by atoms with Gasteiger partial charge in [0.1, 0.15) is 17.8 Å². The van der Waals surface area contributed by atoms with Gasteiger partial charge in [0.25, 0.3) is 0 Å². The number of ketones is 1. The summed E-state index contributed by atoms with van der Waals surface area (Å²) in [4.78, 5) is 23.3. The molecule has 0 aliphatic heterocycles. The van der Waals surface area contributed by atoms with Crippen LogP contribution in [0.25, 0.3) is 0 Å². The third-order valence-electron chi connectivity index (χ3n) is 3.47. The van der Waals surface area contributed by atoms with Gasteiger partial charge in [-0.25, -0.2) is 0 Å². The quantitative estimate of drug-likeness (QED) is 0.654. The molecule has 0 radical (unpaired) electrons. The number of benzene rings is 2. The van der Waals surface area contributed by atoms with Crippen molar-refractivity contribution in [2.24, 2.45) is 5.41 Å². The number of ether oxygens (including phenoxy) is 1. The van der Waals surface area contributed by atoms with Crippen LogP contribution in [0, 0.1) is 5.41 Å². The van der Waals surface area contributed by atoms with Crippen molar-refractivity contribution in [1.82, 2.24) is 0 Å². The molecule has 0 heterocycles. The third kappa shape index (κ3) is 3.52. The molecule has 0 atom stereocenters. The average molecular weight is 298 g/mol. The third-order valence-corrected chi connectivity index (χ3v) is 3.47. The first-order valence-corrected chi connectivity index (χ1v) is 6.96. The van der Waals surface area contributed by atoms with Crippen LogP contribution in [0.3, 0.4) is 0 Å². The van der Waals surface area contributed by atoms with Crippen molar-refractivity contribution >= 4 is 11.8 Å². The van der Waals surface area contributed by atoms with Crippen LogP contribution in [0.15, 0.2) is 54.6 Å². The van der Waals surface area contributed by atoms with E-state index < -0.39 is 17.2 Å². The highest BCUT2D eigenvalue weighted by Gasteiger charge is 2.36. The van der Waals surface area contributed by atoms with E-state index in [-0.39, 0.29) is 0 Å². The van der Waals surface area contributed by atoms with Crippen molar-refractivity contribution in [1.29, 1.82) is 0 Å². The highest BCUT2D eigenvalue weighted by atomic mass is 16.5. The number of Topliss-reactive ketones (excluding diaryl/α,β-unsaturated/α-hetero) is 1. The maximum absolute atomic E-state index is 12.2. The Morgan fingerprint density at radius 3 is 2.14 bits per heavy atom. The maximum atomic E-state index is 12.2. The van der Waals surface area contributed by atoms with Gasteiger partial charge in [0.05, 0.1) is 0 Å². The second kappa shape index (κ2) is 6.43. The fourth-order valence-electron chi connectivity index (χ4n) is 1.90. The first-order valence-electron chi connectivity index (χ1n) is 6.96. The molecule has 0 fully saturated rings. The predicted molar refractivity (Wildman–Crippen MR) is 83.0 cm³/mol. The van der Waals surface area contributed by atoms with Crippen LogP contribution in [0.5, 0.6) is 5.75 Å². The number of carboxylic acids is 1. The second-order valence-corrected chi connectivity index (χ2v) is 5.56. The first kappa shape index (κ1) is 15.8. The normalized spacial score (nSPS) is 11.0. The Balaban J connectivity index is 2.04. The van der Waals surface area contributed by atoms with Gasteiger partial charge >= 0.3 is 5.97 Å². The van der Waals surface area contributed by atoms with Crippen molar-refractivity contribution in [3.05, 3.63) is 65.7 Å². The molecule has 0 aliphatic rings. The van der Waals surface area contributed by atoms with Crippen molar-refractivity contribution in [2.45, 2.75) is 20.5 Å². The number of hydrogen-bond donors (Lipinski definition) is 1. The Morgan fingerprint density at radius 1 is 1.00 bits per heavy atom. The van der Waals surface area contributed by atoms with Gasteiger partial charge in [0.15, 0.2) is 5.78 Å². The monoisotopic (exact) mass is 298 g/mol. The summed E-state index contributed by atoms with van der Waals surface area (Å²) >= 11 is 0. The molecule has 0 spiro atoms. The molecule has 0 amide bonds. The topological polar surface area (TPSA) is 63.6 Å². The number of carbonyl (C=O) groups is 2. The molecule has 0 aliphatic carbocycles. The lowest BCUT2D eigenvalue weighted by atomic mass is 9.84. The summed E-state index contributed by atoms with van der Waals surface area (Å²) in [5.41, 5.74) is -0.0269. The number of rotatable bonds is 6. The van der Waals surface area contributed by atoms with Gasteiger partial charge in [-0.2, -0.15) is 0 Å². The summed E-state index contributed by atoms with van der Waals surface area (Å²) in [6.45, 7) is 3.24. The van der Waals surface area contributed by atoms with Crippen LogP contribution >= 0.6 is 0 Å². The highest BCUT2D eigenvalue weighted by Crippen LogP contribution is 2.24. The van der Waals surface area contributed by atoms with E-state index in [1.807, 2.05) is 30.3 Å². The van der Waals surface area contributed by atoms with Crippen molar-refractivity contribution in [3.63, 3.8) is 0 Å². The average Bonchev–Trinajstić information content (AvgIpc) is 2.53. The number of hydrogen-bond acceptors (Lipinski definition) is 3. The van der Waals surface area contributed by atoms with Crippen LogP contribution in [0.2, 0.25) is 0 Å². The standard InChI is InChI=1S/C18H18O4/c1-18(2,17(20)21)16(19)14-8-10-15(11-9-14)22-12-13-6-4-3-5-7-13/h3-11H,12H2,1-2H3,(H,20,21). The Bertz CT molecular complexity index is 657. The van der Waals surface area contributed by atoms with Gasteiger partial charge in [-0.05, 0) is 43.7 Å². The highest BCUT2D eigenvalue weighted by molar-refractivity contribution is 6.11. The lowest BCUT2D eigenvalue weighted by Crippen LogP contribution is -2.33. The molecule has 0 aromatic heterocycles. The summed E-state index contributed by atoms with van der Waals surface area (Å²) in [7, 11) is 0. The summed E-state index contributed by atoms with van der Waals surface area (Å²) in [5, 5.41) is 9.09. The van der Waals surface area contributed by atoms with E-state index in [1.54, 1.807) is 24.3 Å². The molecule has 22 heavy (non-hydrogen) atoms. The van der Waals surface area contributed by atoms with Crippen molar-refractivity contribution in [3.8, 4) is 5.75 Å². The number of aliphatic carboxylic acids is 1. The zero-order chi connectivity index (χ0) is 16.2. The van der Waals surface area contributed by atoms with E-state index in [2.05, 4.69) is 0 Å². The summed E-state index contributed by atoms with van der Waals surface area (Å²) < 4.78 is 5.63. The lowest BCUT2D eigenvalue weighted by Gasteiger charge is -2.17. The summed E-state index contributed by atoms with van der Waals surface area (Å²) in [5.74, 6) is -0.926. The molecule has 1 N–H and O–H groups in total. The van der Waals surface area contributed by atoms with Crippen LogP contribution < -0.4 is 4.74 Å². The van der Waals surface area contributed by atoms with Gasteiger partial charge in [0, 0.05) is 5.56 Å². The minimum Gasteiger partial charge on any atom is -0.489 e. The van der Waals surface area contributed by atoms with Crippen LogP contribution in [-0.4, -0.2) is 16.9 Å². The summed E-state index contributed by atoms with van der Waals surface area (Å²) in [6.07, 6.45) is 0. The molecule has 0 saturated heterocycles. The van der Waals surface area contributed by atoms with Gasteiger partial charge in [-0.1, -0.05) is 30.3 Å². The minimum absolute atomic E-state index is 0.361.